The van der Waals surface area contributed by atoms with E-state index in [1.165, 1.54) is 64.2 Å². The number of carboxylic acids is 1. The van der Waals surface area contributed by atoms with Crippen LogP contribution < -0.4 is 0 Å². The number of aliphatic carboxylic acids is 1. The topological polar surface area (TPSA) is 175 Å². The van der Waals surface area contributed by atoms with E-state index in [1.807, 2.05) is 0 Å². The normalized spacial score (nSPS) is 18.7. The van der Waals surface area contributed by atoms with Crippen molar-refractivity contribution in [1.29, 1.82) is 0 Å². The Morgan fingerprint density at radius 2 is 0.840 bits per heavy atom. The molecule has 0 radical (unpaired) electrons. The van der Waals surface area contributed by atoms with Crippen LogP contribution in [0.4, 0.5) is 0 Å². The minimum absolute atomic E-state index is 0.0394. The summed E-state index contributed by atoms with van der Waals surface area (Å²) in [6.45, 7) is 5.76. The van der Waals surface area contributed by atoms with Gasteiger partial charge < -0.3 is 39.0 Å². The van der Waals surface area contributed by atoms with Gasteiger partial charge in [-0.1, -0.05) is 222 Å². The van der Waals surface area contributed by atoms with Gasteiger partial charge in [0.15, 0.2) is 24.6 Å². The van der Waals surface area contributed by atoms with E-state index in [1.54, 1.807) is 0 Å². The standard InChI is InChI=1S/C63H106O12/c1-4-7-10-13-16-19-22-25-27-28-30-32-34-37-40-43-46-49-55(64)71-52-54(73-56(65)50-47-44-41-38-35-31-24-21-18-15-12-9-6-3)53-72-63-61(59(68)58(67)60(75-63)62(69)70)74-57(66)51-48-45-42-39-36-33-29-26-23-20-17-14-11-8-5-2/h7-8,10-11,16-17,19-20,25-27,29,54,58-61,63,67-68H,4-6,9,12-15,18,21-24,28,30-53H2,1-3H3,(H,69,70)/b10-7-,11-8-,19-16-,20-17-,27-25-,29-26-. The van der Waals surface area contributed by atoms with Gasteiger partial charge in [-0.15, -0.1) is 0 Å². The second-order valence-corrected chi connectivity index (χ2v) is 20.2. The lowest BCUT2D eigenvalue weighted by Crippen LogP contribution is -2.61. The Hall–Kier alpha value is -3.84. The first-order chi connectivity index (χ1) is 36.6. The molecule has 12 nitrogen and oxygen atoms in total. The number of rotatable bonds is 50. The smallest absolute Gasteiger partial charge is 0.335 e. The van der Waals surface area contributed by atoms with Crippen molar-refractivity contribution in [3.05, 3.63) is 72.9 Å². The molecule has 0 saturated carbocycles. The van der Waals surface area contributed by atoms with Gasteiger partial charge in [0.25, 0.3) is 0 Å². The van der Waals surface area contributed by atoms with E-state index in [2.05, 4.69) is 93.7 Å². The zero-order valence-electron chi connectivity index (χ0n) is 47.3. The number of unbranched alkanes of at least 4 members (excludes halogenated alkanes) is 24. The molecule has 1 fully saturated rings. The molecule has 1 saturated heterocycles. The molecular formula is C63H106O12. The number of hydrogen-bond acceptors (Lipinski definition) is 11. The number of allylic oxidation sites excluding steroid dienone is 12. The number of aliphatic hydroxyl groups excluding tert-OH is 2. The molecule has 0 bridgehead atoms. The van der Waals surface area contributed by atoms with E-state index in [4.69, 9.17) is 23.7 Å². The van der Waals surface area contributed by atoms with Crippen LogP contribution in [0.5, 0.6) is 0 Å². The summed E-state index contributed by atoms with van der Waals surface area (Å²) in [5.74, 6) is -3.14. The first-order valence-electron chi connectivity index (χ1n) is 29.9. The fourth-order valence-electron chi connectivity index (χ4n) is 8.75. The van der Waals surface area contributed by atoms with Crippen molar-refractivity contribution in [2.45, 2.75) is 289 Å². The van der Waals surface area contributed by atoms with Crippen molar-refractivity contribution in [2.75, 3.05) is 13.2 Å². The summed E-state index contributed by atoms with van der Waals surface area (Å²) in [6.07, 6.45) is 51.5. The largest absolute Gasteiger partial charge is 0.479 e. The van der Waals surface area contributed by atoms with Gasteiger partial charge in [-0.2, -0.15) is 0 Å². The quantitative estimate of drug-likeness (QED) is 0.0228. The molecule has 1 rings (SSSR count). The van der Waals surface area contributed by atoms with Crippen LogP contribution in [-0.4, -0.2) is 89.2 Å². The first-order valence-corrected chi connectivity index (χ1v) is 29.9. The fraction of sp³-hybridized carbons (Fsp3) is 0.746. The molecule has 1 aliphatic heterocycles. The molecule has 0 aliphatic carbocycles. The molecule has 0 aromatic carbocycles. The first kappa shape index (κ1) is 69.2. The summed E-state index contributed by atoms with van der Waals surface area (Å²) in [5, 5.41) is 31.5. The van der Waals surface area contributed by atoms with Crippen LogP contribution in [0.2, 0.25) is 0 Å². The number of carbonyl (C=O) groups excluding carboxylic acids is 3. The minimum Gasteiger partial charge on any atom is -0.479 e. The predicted molar refractivity (Wildman–Crippen MR) is 303 cm³/mol. The molecule has 6 unspecified atom stereocenters. The Labute approximate surface area is 455 Å². The van der Waals surface area contributed by atoms with Crippen LogP contribution in [-0.2, 0) is 42.9 Å². The van der Waals surface area contributed by atoms with Crippen LogP contribution in [0.25, 0.3) is 0 Å². The number of hydrogen-bond donors (Lipinski definition) is 3. The zero-order valence-corrected chi connectivity index (χ0v) is 47.3. The lowest BCUT2D eigenvalue weighted by Gasteiger charge is -2.40. The zero-order chi connectivity index (χ0) is 54.7. The Kier molecular flexibility index (Phi) is 47.0. The molecule has 1 heterocycles. The van der Waals surface area contributed by atoms with Crippen molar-refractivity contribution >= 4 is 23.9 Å². The molecule has 430 valence electrons. The third kappa shape index (κ3) is 41.0. The maximum Gasteiger partial charge on any atom is 0.335 e. The highest BCUT2D eigenvalue weighted by atomic mass is 16.7. The summed E-state index contributed by atoms with van der Waals surface area (Å²) < 4.78 is 28.4. The molecule has 0 aromatic rings. The van der Waals surface area contributed by atoms with E-state index in [-0.39, 0.29) is 25.9 Å². The van der Waals surface area contributed by atoms with Crippen LogP contribution in [0, 0.1) is 0 Å². The van der Waals surface area contributed by atoms with Crippen LogP contribution in [0.1, 0.15) is 252 Å². The predicted octanol–water partition coefficient (Wildman–Crippen LogP) is 15.3. The monoisotopic (exact) mass is 1050 g/mol. The maximum atomic E-state index is 13.1. The van der Waals surface area contributed by atoms with Gasteiger partial charge in [0, 0.05) is 19.3 Å². The SMILES string of the molecule is CC/C=C\C/C=C\C/C=C\CCCCCCCCCC(=O)OCC(COC1OC(C(=O)O)C(O)C(O)C1OC(=O)CCCCCCC/C=C\C/C=C\C/C=C\CC)OC(=O)CCCCCCCCCCCCCCC. The van der Waals surface area contributed by atoms with Crippen LogP contribution in [0.15, 0.2) is 72.9 Å². The summed E-state index contributed by atoms with van der Waals surface area (Å²) in [4.78, 5) is 51.1. The van der Waals surface area contributed by atoms with Gasteiger partial charge in [0.2, 0.25) is 0 Å². The Morgan fingerprint density at radius 3 is 1.28 bits per heavy atom. The highest BCUT2D eigenvalue weighted by Crippen LogP contribution is 2.26. The summed E-state index contributed by atoms with van der Waals surface area (Å²) >= 11 is 0. The minimum atomic E-state index is -1.91. The average Bonchev–Trinajstić information content (AvgIpc) is 3.39. The van der Waals surface area contributed by atoms with Gasteiger partial charge >= 0.3 is 23.9 Å². The van der Waals surface area contributed by atoms with Crippen LogP contribution >= 0.6 is 0 Å². The number of aliphatic hydroxyl groups is 2. The second kappa shape index (κ2) is 50.9. The Balaban J connectivity index is 2.69. The van der Waals surface area contributed by atoms with E-state index >= 15 is 0 Å². The highest BCUT2D eigenvalue weighted by Gasteiger charge is 2.50. The van der Waals surface area contributed by atoms with Gasteiger partial charge in [-0.25, -0.2) is 4.79 Å². The third-order valence-electron chi connectivity index (χ3n) is 13.3. The third-order valence-corrected chi connectivity index (χ3v) is 13.3. The number of carboxylic acid groups (broad SMARTS) is 1. The van der Waals surface area contributed by atoms with Crippen molar-refractivity contribution in [2.24, 2.45) is 0 Å². The lowest BCUT2D eigenvalue weighted by molar-refractivity contribution is -0.301. The van der Waals surface area contributed by atoms with Crippen molar-refractivity contribution < 1.29 is 58.2 Å². The number of carbonyl (C=O) groups is 4. The van der Waals surface area contributed by atoms with Crippen LogP contribution in [0.3, 0.4) is 0 Å². The highest BCUT2D eigenvalue weighted by molar-refractivity contribution is 5.74. The molecule has 1 aliphatic rings. The molecular weight excluding hydrogens is 949 g/mol. The second-order valence-electron chi connectivity index (χ2n) is 20.2. The van der Waals surface area contributed by atoms with E-state index in [0.717, 1.165) is 128 Å². The molecule has 3 N–H and O–H groups in total. The molecule has 0 aromatic heterocycles. The lowest BCUT2D eigenvalue weighted by atomic mass is 9.98. The Morgan fingerprint density at radius 1 is 0.453 bits per heavy atom. The summed E-state index contributed by atoms with van der Waals surface area (Å²) in [5.41, 5.74) is 0. The van der Waals surface area contributed by atoms with Crippen molar-refractivity contribution in [3.63, 3.8) is 0 Å². The molecule has 12 heteroatoms. The summed E-state index contributed by atoms with van der Waals surface area (Å²) in [6, 6.07) is 0. The molecule has 0 amide bonds. The number of esters is 3. The number of ether oxygens (including phenoxy) is 5. The van der Waals surface area contributed by atoms with Gasteiger partial charge in [-0.3, -0.25) is 14.4 Å². The van der Waals surface area contributed by atoms with Crippen molar-refractivity contribution in [3.8, 4) is 0 Å². The van der Waals surface area contributed by atoms with Gasteiger partial charge in [0.1, 0.15) is 18.8 Å². The molecule has 0 spiro atoms. The van der Waals surface area contributed by atoms with E-state index < -0.39 is 67.3 Å². The van der Waals surface area contributed by atoms with E-state index in [9.17, 15) is 34.5 Å². The average molecular weight is 1060 g/mol. The van der Waals surface area contributed by atoms with Crippen molar-refractivity contribution in [1.82, 2.24) is 0 Å². The maximum absolute atomic E-state index is 13.1. The molecule has 75 heavy (non-hydrogen) atoms. The Bertz CT molecular complexity index is 1580. The molecule has 6 atom stereocenters. The van der Waals surface area contributed by atoms with Gasteiger partial charge in [-0.05, 0) is 83.5 Å². The summed E-state index contributed by atoms with van der Waals surface area (Å²) in [7, 11) is 0. The fourth-order valence-corrected chi connectivity index (χ4v) is 8.75. The van der Waals surface area contributed by atoms with E-state index in [0.29, 0.717) is 19.3 Å². The van der Waals surface area contributed by atoms with Gasteiger partial charge in [0.05, 0.1) is 6.61 Å².